The van der Waals surface area contributed by atoms with Crippen LogP contribution in [0.25, 0.3) is 0 Å². The largest absolute Gasteiger partial charge is 0.493 e. The van der Waals surface area contributed by atoms with Crippen LogP contribution < -0.4 is 4.74 Å². The van der Waals surface area contributed by atoms with E-state index in [0.717, 1.165) is 35.7 Å². The van der Waals surface area contributed by atoms with E-state index in [1.807, 2.05) is 30.3 Å². The highest BCUT2D eigenvalue weighted by molar-refractivity contribution is 6.30. The van der Waals surface area contributed by atoms with Crippen LogP contribution >= 0.6 is 11.6 Å². The second kappa shape index (κ2) is 6.23. The molecule has 1 aliphatic rings. The van der Waals surface area contributed by atoms with Crippen molar-refractivity contribution in [3.63, 3.8) is 0 Å². The number of nitrogens with zero attached hydrogens (tertiary/aromatic N) is 2. The number of ether oxygens (including phenoxy) is 1. The summed E-state index contributed by atoms with van der Waals surface area (Å²) in [6, 6.07) is 9.78. The van der Waals surface area contributed by atoms with E-state index >= 15 is 0 Å². The van der Waals surface area contributed by atoms with Gasteiger partial charge in [0.1, 0.15) is 16.7 Å². The van der Waals surface area contributed by atoms with Crippen molar-refractivity contribution in [3.05, 3.63) is 52.6 Å². The van der Waals surface area contributed by atoms with Crippen LogP contribution in [0.1, 0.15) is 29.9 Å². The molecule has 1 aromatic carbocycles. The molecule has 104 valence electrons. The van der Waals surface area contributed by atoms with E-state index in [1.165, 1.54) is 12.8 Å². The van der Waals surface area contributed by atoms with Crippen molar-refractivity contribution in [2.24, 2.45) is 0 Å². The normalized spacial score (nSPS) is 13.8. The highest BCUT2D eigenvalue weighted by atomic mass is 35.5. The molecule has 3 rings (SSSR count). The third-order valence-electron chi connectivity index (χ3n) is 3.52. The van der Waals surface area contributed by atoms with Gasteiger partial charge in [-0.2, -0.15) is 0 Å². The Bertz CT molecular complexity index is 587. The Balaban J connectivity index is 1.64. The van der Waals surface area contributed by atoms with E-state index in [-0.39, 0.29) is 0 Å². The van der Waals surface area contributed by atoms with E-state index in [1.54, 1.807) is 0 Å². The van der Waals surface area contributed by atoms with E-state index in [4.69, 9.17) is 16.3 Å². The monoisotopic (exact) mass is 288 g/mol. The summed E-state index contributed by atoms with van der Waals surface area (Å²) in [4.78, 5) is 9.02. The van der Waals surface area contributed by atoms with E-state index in [0.29, 0.717) is 18.2 Å². The molecule has 3 nitrogen and oxygen atoms in total. The summed E-state index contributed by atoms with van der Waals surface area (Å²) in [5.41, 5.74) is 2.27. The number of benzene rings is 1. The lowest BCUT2D eigenvalue weighted by molar-refractivity contribution is 0.318. The zero-order valence-corrected chi connectivity index (χ0v) is 12.1. The fraction of sp³-hybridized carbons (Fsp3) is 0.375. The van der Waals surface area contributed by atoms with Gasteiger partial charge in [-0.3, -0.25) is 0 Å². The smallest absolute Gasteiger partial charge is 0.136 e. The average molecular weight is 289 g/mol. The molecule has 0 saturated carbocycles. The third kappa shape index (κ3) is 3.10. The quantitative estimate of drug-likeness (QED) is 0.806. The number of hydrogen-bond donors (Lipinski definition) is 0. The molecule has 0 saturated heterocycles. The van der Waals surface area contributed by atoms with E-state index in [9.17, 15) is 0 Å². The van der Waals surface area contributed by atoms with Crippen LogP contribution in [0.15, 0.2) is 30.3 Å². The van der Waals surface area contributed by atoms with Crippen LogP contribution in [0, 0.1) is 0 Å². The maximum absolute atomic E-state index is 6.25. The molecular weight excluding hydrogens is 272 g/mol. The zero-order chi connectivity index (χ0) is 13.8. The van der Waals surface area contributed by atoms with Gasteiger partial charge in [0.05, 0.1) is 6.61 Å². The first kappa shape index (κ1) is 13.4. The lowest BCUT2D eigenvalue weighted by Gasteiger charge is -2.16. The maximum Gasteiger partial charge on any atom is 0.136 e. The summed E-state index contributed by atoms with van der Waals surface area (Å²) in [5.74, 6) is 1.66. The molecule has 1 heterocycles. The number of fused-ring (bicyclic) bond motifs is 1. The van der Waals surface area contributed by atoms with Gasteiger partial charge in [0.25, 0.3) is 0 Å². The second-order valence-electron chi connectivity index (χ2n) is 4.97. The van der Waals surface area contributed by atoms with Crippen LogP contribution in [0.5, 0.6) is 5.75 Å². The molecule has 2 aromatic rings. The van der Waals surface area contributed by atoms with Crippen molar-refractivity contribution in [1.29, 1.82) is 0 Å². The predicted octanol–water partition coefficient (Wildman–Crippen LogP) is 3.63. The molecule has 1 aromatic heterocycles. The molecule has 0 atom stereocenters. The molecule has 0 radical (unpaired) electrons. The fourth-order valence-corrected chi connectivity index (χ4v) is 2.79. The average Bonchev–Trinajstić information content (AvgIpc) is 2.48. The molecule has 0 unspecified atom stereocenters. The first-order chi connectivity index (χ1) is 9.83. The van der Waals surface area contributed by atoms with Crippen molar-refractivity contribution in [1.82, 2.24) is 9.97 Å². The number of halogens is 1. The number of aromatic nitrogens is 2. The molecule has 0 bridgehead atoms. The molecular formula is C16H17ClN2O. The molecule has 1 aliphatic carbocycles. The van der Waals surface area contributed by atoms with Crippen molar-refractivity contribution >= 4 is 11.6 Å². The van der Waals surface area contributed by atoms with Crippen molar-refractivity contribution < 1.29 is 4.74 Å². The Morgan fingerprint density at radius 1 is 1.05 bits per heavy atom. The van der Waals surface area contributed by atoms with Gasteiger partial charge in [0.15, 0.2) is 0 Å². The molecule has 0 fully saturated rings. The van der Waals surface area contributed by atoms with Gasteiger partial charge in [-0.1, -0.05) is 29.8 Å². The first-order valence-corrected chi connectivity index (χ1v) is 7.43. The van der Waals surface area contributed by atoms with Crippen molar-refractivity contribution in [2.75, 3.05) is 6.61 Å². The molecule has 4 heteroatoms. The summed E-state index contributed by atoms with van der Waals surface area (Å²) >= 11 is 6.25. The lowest BCUT2D eigenvalue weighted by Crippen LogP contribution is -2.12. The Morgan fingerprint density at radius 2 is 1.85 bits per heavy atom. The van der Waals surface area contributed by atoms with Crippen LogP contribution in [-0.2, 0) is 19.3 Å². The zero-order valence-electron chi connectivity index (χ0n) is 11.3. The summed E-state index contributed by atoms with van der Waals surface area (Å²) in [6.45, 7) is 0.569. The third-order valence-corrected chi connectivity index (χ3v) is 3.83. The Kier molecular flexibility index (Phi) is 4.16. The van der Waals surface area contributed by atoms with Crippen LogP contribution in [0.2, 0.25) is 5.15 Å². The fourth-order valence-electron chi connectivity index (χ4n) is 2.49. The van der Waals surface area contributed by atoms with Gasteiger partial charge in [-0.15, -0.1) is 0 Å². The number of aryl methyl sites for hydroxylation is 1. The Labute approximate surface area is 124 Å². The van der Waals surface area contributed by atoms with Gasteiger partial charge in [-0.25, -0.2) is 9.97 Å². The van der Waals surface area contributed by atoms with Gasteiger partial charge < -0.3 is 4.74 Å². The van der Waals surface area contributed by atoms with E-state index in [2.05, 4.69) is 9.97 Å². The minimum Gasteiger partial charge on any atom is -0.493 e. The Hall–Kier alpha value is -1.61. The van der Waals surface area contributed by atoms with Crippen LogP contribution in [-0.4, -0.2) is 16.6 Å². The van der Waals surface area contributed by atoms with Gasteiger partial charge in [0, 0.05) is 17.7 Å². The first-order valence-electron chi connectivity index (χ1n) is 7.05. The molecule has 0 aliphatic heterocycles. The number of hydrogen-bond acceptors (Lipinski definition) is 3. The standard InChI is InChI=1S/C16H17ClN2O/c17-16-13-8-4-5-9-14(13)18-15(19-16)10-11-20-12-6-2-1-3-7-12/h1-3,6-7H,4-5,8-11H2. The Morgan fingerprint density at radius 3 is 2.70 bits per heavy atom. The van der Waals surface area contributed by atoms with Crippen LogP contribution in [0.4, 0.5) is 0 Å². The minimum atomic E-state index is 0.569. The highest BCUT2D eigenvalue weighted by Gasteiger charge is 2.16. The summed E-state index contributed by atoms with van der Waals surface area (Å²) in [7, 11) is 0. The van der Waals surface area contributed by atoms with Gasteiger partial charge >= 0.3 is 0 Å². The van der Waals surface area contributed by atoms with Crippen molar-refractivity contribution in [3.8, 4) is 5.75 Å². The molecule has 0 N–H and O–H groups in total. The molecule has 20 heavy (non-hydrogen) atoms. The summed E-state index contributed by atoms with van der Waals surface area (Å²) < 4.78 is 5.67. The van der Waals surface area contributed by atoms with Gasteiger partial charge in [-0.05, 0) is 37.8 Å². The molecule has 0 spiro atoms. The number of para-hydroxylation sites is 1. The molecule has 0 amide bonds. The van der Waals surface area contributed by atoms with E-state index < -0.39 is 0 Å². The highest BCUT2D eigenvalue weighted by Crippen LogP contribution is 2.25. The second-order valence-corrected chi connectivity index (χ2v) is 5.33. The minimum absolute atomic E-state index is 0.569. The maximum atomic E-state index is 6.25. The predicted molar refractivity (Wildman–Crippen MR) is 79.3 cm³/mol. The lowest BCUT2D eigenvalue weighted by atomic mass is 9.97. The number of rotatable bonds is 4. The van der Waals surface area contributed by atoms with Crippen LogP contribution in [0.3, 0.4) is 0 Å². The summed E-state index contributed by atoms with van der Waals surface area (Å²) in [6.07, 6.45) is 5.09. The van der Waals surface area contributed by atoms with Gasteiger partial charge in [0.2, 0.25) is 0 Å². The summed E-state index contributed by atoms with van der Waals surface area (Å²) in [5, 5.41) is 0.629. The SMILES string of the molecule is Clc1nc(CCOc2ccccc2)nc2c1CCCC2. The topological polar surface area (TPSA) is 35.0 Å². The van der Waals surface area contributed by atoms with Crippen molar-refractivity contribution in [2.45, 2.75) is 32.1 Å².